The van der Waals surface area contributed by atoms with E-state index in [0.29, 0.717) is 5.56 Å². The first-order valence-electron chi connectivity index (χ1n) is 6.16. The maximum Gasteiger partial charge on any atom is 0.125 e. The van der Waals surface area contributed by atoms with Crippen LogP contribution in [0.1, 0.15) is 48.0 Å². The SMILES string of the molecule is O=C([O-])c1ccc(C#CC2(O)CCCCC2)cc1. The molecule has 0 radical (unpaired) electrons. The number of carbonyl (C=O) groups is 1. The molecule has 0 aliphatic heterocycles. The van der Waals surface area contributed by atoms with Gasteiger partial charge in [0, 0.05) is 5.56 Å². The third kappa shape index (κ3) is 3.12. The lowest BCUT2D eigenvalue weighted by Crippen LogP contribution is -2.29. The lowest BCUT2D eigenvalue weighted by Gasteiger charge is -2.26. The minimum atomic E-state index is -1.19. The molecule has 3 heteroatoms. The van der Waals surface area contributed by atoms with Gasteiger partial charge >= 0.3 is 0 Å². The quantitative estimate of drug-likeness (QED) is 0.751. The highest BCUT2D eigenvalue weighted by molar-refractivity contribution is 5.85. The first-order valence-corrected chi connectivity index (χ1v) is 6.16. The van der Waals surface area contributed by atoms with E-state index in [2.05, 4.69) is 11.8 Å². The number of carboxylic acids is 1. The Balaban J connectivity index is 2.11. The maximum atomic E-state index is 10.6. The number of hydrogen-bond acceptors (Lipinski definition) is 3. The largest absolute Gasteiger partial charge is 0.545 e. The van der Waals surface area contributed by atoms with Gasteiger partial charge < -0.3 is 15.0 Å². The van der Waals surface area contributed by atoms with Crippen LogP contribution < -0.4 is 5.11 Å². The van der Waals surface area contributed by atoms with Crippen LogP contribution in [0.25, 0.3) is 0 Å². The van der Waals surface area contributed by atoms with Gasteiger partial charge in [-0.2, -0.15) is 0 Å². The molecule has 2 rings (SSSR count). The van der Waals surface area contributed by atoms with Crippen molar-refractivity contribution >= 4 is 5.97 Å². The Bertz CT molecular complexity index is 485. The van der Waals surface area contributed by atoms with Crippen LogP contribution in [0.15, 0.2) is 24.3 Å². The molecule has 0 atom stereocenters. The van der Waals surface area contributed by atoms with Crippen LogP contribution in [0.2, 0.25) is 0 Å². The van der Waals surface area contributed by atoms with Crippen LogP contribution in [0.3, 0.4) is 0 Å². The molecule has 0 spiro atoms. The summed E-state index contributed by atoms with van der Waals surface area (Å²) in [5.41, 5.74) is -0.0263. The molecule has 0 aromatic heterocycles. The van der Waals surface area contributed by atoms with Gasteiger partial charge in [0.25, 0.3) is 0 Å². The van der Waals surface area contributed by atoms with Gasteiger partial charge in [-0.05, 0) is 43.4 Å². The molecule has 1 N–H and O–H groups in total. The molecule has 0 amide bonds. The van der Waals surface area contributed by atoms with Gasteiger partial charge in [-0.25, -0.2) is 0 Å². The molecule has 0 bridgehead atoms. The standard InChI is InChI=1S/C15H16O3/c16-14(17)13-6-4-12(5-7-13)8-11-15(18)9-2-1-3-10-15/h4-7,18H,1-3,9-10H2,(H,16,17)/p-1. The molecular weight excluding hydrogens is 228 g/mol. The van der Waals surface area contributed by atoms with Gasteiger partial charge in [-0.1, -0.05) is 30.4 Å². The molecule has 1 saturated carbocycles. The van der Waals surface area contributed by atoms with Crippen molar-refractivity contribution in [3.05, 3.63) is 35.4 Å². The van der Waals surface area contributed by atoms with Crippen molar-refractivity contribution in [2.45, 2.75) is 37.7 Å². The minimum absolute atomic E-state index is 0.136. The monoisotopic (exact) mass is 243 g/mol. The van der Waals surface area contributed by atoms with E-state index in [1.165, 1.54) is 12.1 Å². The molecule has 1 aliphatic carbocycles. The minimum Gasteiger partial charge on any atom is -0.545 e. The van der Waals surface area contributed by atoms with Crippen LogP contribution in [0, 0.1) is 11.8 Å². The van der Waals surface area contributed by atoms with E-state index in [9.17, 15) is 15.0 Å². The number of carboxylic acid groups (broad SMARTS) is 1. The van der Waals surface area contributed by atoms with Gasteiger partial charge in [0.05, 0.1) is 5.97 Å². The van der Waals surface area contributed by atoms with Crippen LogP contribution in [-0.2, 0) is 0 Å². The van der Waals surface area contributed by atoms with Crippen LogP contribution in [-0.4, -0.2) is 16.7 Å². The Labute approximate surface area is 106 Å². The zero-order valence-electron chi connectivity index (χ0n) is 10.1. The first kappa shape index (κ1) is 12.7. The van der Waals surface area contributed by atoms with Crippen molar-refractivity contribution in [1.29, 1.82) is 0 Å². The summed E-state index contributed by atoms with van der Waals surface area (Å²) >= 11 is 0. The summed E-state index contributed by atoms with van der Waals surface area (Å²) in [5.74, 6) is 4.62. The Hall–Kier alpha value is -1.79. The van der Waals surface area contributed by atoms with Crippen molar-refractivity contribution in [2.75, 3.05) is 0 Å². The highest BCUT2D eigenvalue weighted by Gasteiger charge is 2.26. The van der Waals surface area contributed by atoms with Crippen LogP contribution in [0.5, 0.6) is 0 Å². The highest BCUT2D eigenvalue weighted by atomic mass is 16.4. The fourth-order valence-electron chi connectivity index (χ4n) is 2.14. The summed E-state index contributed by atoms with van der Waals surface area (Å²) in [6, 6.07) is 6.18. The lowest BCUT2D eigenvalue weighted by molar-refractivity contribution is -0.255. The van der Waals surface area contributed by atoms with E-state index < -0.39 is 11.6 Å². The molecule has 1 aliphatic rings. The second-order valence-corrected chi connectivity index (χ2v) is 4.71. The number of aromatic carboxylic acids is 1. The molecule has 0 saturated heterocycles. The van der Waals surface area contributed by atoms with Crippen molar-refractivity contribution in [1.82, 2.24) is 0 Å². The Morgan fingerprint density at radius 1 is 1.17 bits per heavy atom. The zero-order chi connectivity index (χ0) is 13.0. The van der Waals surface area contributed by atoms with Gasteiger partial charge in [0.2, 0.25) is 0 Å². The summed E-state index contributed by atoms with van der Waals surface area (Å²) in [7, 11) is 0. The summed E-state index contributed by atoms with van der Waals surface area (Å²) in [4.78, 5) is 10.6. The predicted molar refractivity (Wildman–Crippen MR) is 65.7 cm³/mol. The smallest absolute Gasteiger partial charge is 0.125 e. The van der Waals surface area contributed by atoms with E-state index in [1.54, 1.807) is 12.1 Å². The van der Waals surface area contributed by atoms with Crippen molar-refractivity contribution < 1.29 is 15.0 Å². The third-order valence-electron chi connectivity index (χ3n) is 3.24. The van der Waals surface area contributed by atoms with Gasteiger partial charge in [0.15, 0.2) is 0 Å². The van der Waals surface area contributed by atoms with E-state index in [1.807, 2.05) is 0 Å². The van der Waals surface area contributed by atoms with Gasteiger partial charge in [0.1, 0.15) is 5.60 Å². The molecule has 1 aromatic carbocycles. The Morgan fingerprint density at radius 3 is 2.33 bits per heavy atom. The molecule has 1 fully saturated rings. The Kier molecular flexibility index (Phi) is 3.69. The van der Waals surface area contributed by atoms with Crippen molar-refractivity contribution in [2.24, 2.45) is 0 Å². The molecule has 1 aromatic rings. The molecule has 0 heterocycles. The maximum absolute atomic E-state index is 10.6. The van der Waals surface area contributed by atoms with E-state index >= 15 is 0 Å². The molecule has 18 heavy (non-hydrogen) atoms. The molecule has 94 valence electrons. The first-order chi connectivity index (χ1) is 8.59. The fourth-order valence-corrected chi connectivity index (χ4v) is 2.14. The molecule has 0 unspecified atom stereocenters. The van der Waals surface area contributed by atoms with Crippen molar-refractivity contribution in [3.63, 3.8) is 0 Å². The van der Waals surface area contributed by atoms with Gasteiger partial charge in [-0.3, -0.25) is 0 Å². The summed E-state index contributed by atoms with van der Waals surface area (Å²) in [5, 5.41) is 20.8. The van der Waals surface area contributed by atoms with E-state index in [4.69, 9.17) is 0 Å². The Morgan fingerprint density at radius 2 is 1.78 bits per heavy atom. The number of carbonyl (C=O) groups excluding carboxylic acids is 1. The van der Waals surface area contributed by atoms with Crippen LogP contribution in [0.4, 0.5) is 0 Å². The summed E-state index contributed by atoms with van der Waals surface area (Å²) in [6.45, 7) is 0. The average molecular weight is 243 g/mol. The number of aliphatic hydroxyl groups is 1. The number of benzene rings is 1. The van der Waals surface area contributed by atoms with E-state index in [-0.39, 0.29) is 5.56 Å². The topological polar surface area (TPSA) is 60.4 Å². The molecule has 3 nitrogen and oxygen atoms in total. The fraction of sp³-hybridized carbons (Fsp3) is 0.400. The normalized spacial score (nSPS) is 17.6. The third-order valence-corrected chi connectivity index (χ3v) is 3.24. The summed E-state index contributed by atoms with van der Waals surface area (Å²) in [6.07, 6.45) is 4.61. The second kappa shape index (κ2) is 5.24. The summed E-state index contributed by atoms with van der Waals surface area (Å²) < 4.78 is 0. The molecular formula is C15H15O3-. The average Bonchev–Trinajstić information content (AvgIpc) is 2.38. The number of rotatable bonds is 1. The van der Waals surface area contributed by atoms with Gasteiger partial charge in [-0.15, -0.1) is 0 Å². The number of hydrogen-bond donors (Lipinski definition) is 1. The van der Waals surface area contributed by atoms with Crippen molar-refractivity contribution in [3.8, 4) is 11.8 Å². The van der Waals surface area contributed by atoms with Crippen LogP contribution >= 0.6 is 0 Å². The van der Waals surface area contributed by atoms with E-state index in [0.717, 1.165) is 32.1 Å². The predicted octanol–water partition coefficient (Wildman–Crippen LogP) is 1.10. The lowest BCUT2D eigenvalue weighted by atomic mass is 9.85. The zero-order valence-corrected chi connectivity index (χ0v) is 10.1. The highest BCUT2D eigenvalue weighted by Crippen LogP contribution is 2.27. The second-order valence-electron chi connectivity index (χ2n) is 4.71.